The van der Waals surface area contributed by atoms with Crippen LogP contribution in [0.2, 0.25) is 0 Å². The highest BCUT2D eigenvalue weighted by Crippen LogP contribution is 2.46. The van der Waals surface area contributed by atoms with Gasteiger partial charge in [0.1, 0.15) is 52.4 Å². The highest BCUT2D eigenvalue weighted by molar-refractivity contribution is 7.87. The van der Waals surface area contributed by atoms with Crippen molar-refractivity contribution in [2.45, 2.75) is 66.8 Å². The van der Waals surface area contributed by atoms with Crippen LogP contribution in [0.5, 0.6) is 17.6 Å². The average molecular weight is 751 g/mol. The predicted molar refractivity (Wildman–Crippen MR) is 198 cm³/mol. The van der Waals surface area contributed by atoms with Crippen LogP contribution in [0.1, 0.15) is 37.7 Å². The van der Waals surface area contributed by atoms with Crippen molar-refractivity contribution in [2.24, 2.45) is 0 Å². The van der Waals surface area contributed by atoms with E-state index in [0.717, 1.165) is 32.2 Å². The van der Waals surface area contributed by atoms with Gasteiger partial charge in [-0.25, -0.2) is 13.8 Å². The maximum atomic E-state index is 17.5. The molecule has 0 aliphatic carbocycles. The Hall–Kier alpha value is -5.10. The molecule has 7 heterocycles. The Morgan fingerprint density at radius 2 is 1.93 bits per heavy atom. The summed E-state index contributed by atoms with van der Waals surface area (Å²) in [6.07, 6.45) is 9.08. The van der Waals surface area contributed by atoms with E-state index in [1.54, 1.807) is 42.5 Å². The lowest BCUT2D eigenvalue weighted by molar-refractivity contribution is 0.107. The number of nitrogens with one attached hydrogen (secondary N) is 1. The van der Waals surface area contributed by atoms with E-state index in [1.807, 2.05) is 0 Å². The largest absolute Gasteiger partial charge is 0.475 e. The van der Waals surface area contributed by atoms with Crippen LogP contribution in [-0.4, -0.2) is 91.0 Å². The molecule has 2 aromatic heterocycles. The smallest absolute Gasteiger partial charge is 0.339 e. The van der Waals surface area contributed by atoms with E-state index in [9.17, 15) is 12.8 Å². The molecule has 54 heavy (non-hydrogen) atoms. The second kappa shape index (κ2) is 12.5. The molecule has 0 saturated carbocycles. The van der Waals surface area contributed by atoms with E-state index in [0.29, 0.717) is 47.1 Å². The monoisotopic (exact) mass is 750 g/mol. The van der Waals surface area contributed by atoms with Crippen LogP contribution in [0.4, 0.5) is 14.6 Å². The molecular weight excluding hydrogens is 715 g/mol. The Morgan fingerprint density at radius 3 is 2.78 bits per heavy atom. The molecule has 0 amide bonds. The first-order valence-electron chi connectivity index (χ1n) is 18.3. The Balaban J connectivity index is 1.15. The molecule has 4 fully saturated rings. The third-order valence-corrected chi connectivity index (χ3v) is 13.0. The number of nitrogens with zero attached hydrogens (tertiary/aromatic N) is 5. The third-order valence-electron chi connectivity index (χ3n) is 11.8. The van der Waals surface area contributed by atoms with E-state index >= 15 is 4.39 Å². The SMILES string of the molecule is C#Cc1cccc2cc(OS(=O)(=O)c3ccccc3)cc(-c3nc4c5c(nc(OC[C@@]67CCCN6C[C@H](F)C7)nc5c3F)N3C[C@H]5CC[C@H](N5)[C@H]3CO4)c12. The molecule has 0 spiro atoms. The van der Waals surface area contributed by atoms with Gasteiger partial charge in [-0.2, -0.15) is 18.4 Å². The van der Waals surface area contributed by atoms with E-state index in [4.69, 9.17) is 30.0 Å². The van der Waals surface area contributed by atoms with Crippen molar-refractivity contribution in [3.63, 3.8) is 0 Å². The molecule has 0 unspecified atom stereocenters. The number of hydrogen-bond donors (Lipinski definition) is 1. The number of anilines is 1. The number of piperazine rings is 1. The lowest BCUT2D eigenvalue weighted by Gasteiger charge is -2.40. The molecule has 2 bridgehead atoms. The first-order valence-corrected chi connectivity index (χ1v) is 19.7. The van der Waals surface area contributed by atoms with Crippen molar-refractivity contribution in [3.05, 3.63) is 72.0 Å². The number of benzene rings is 3. The van der Waals surface area contributed by atoms with Crippen molar-refractivity contribution >= 4 is 37.6 Å². The predicted octanol–water partition coefficient (Wildman–Crippen LogP) is 5.39. The van der Waals surface area contributed by atoms with E-state index in [2.05, 4.69) is 26.0 Å². The lowest BCUT2D eigenvalue weighted by atomic mass is 9.95. The summed E-state index contributed by atoms with van der Waals surface area (Å²) in [5, 5.41) is 5.00. The summed E-state index contributed by atoms with van der Waals surface area (Å²) in [7, 11) is -4.26. The second-order valence-corrected chi connectivity index (χ2v) is 16.5. The summed E-state index contributed by atoms with van der Waals surface area (Å²) in [4.78, 5) is 18.7. The van der Waals surface area contributed by atoms with E-state index < -0.39 is 27.6 Å². The van der Waals surface area contributed by atoms with Gasteiger partial charge in [0.05, 0.1) is 11.6 Å². The number of aromatic nitrogens is 3. The van der Waals surface area contributed by atoms with Gasteiger partial charge in [0.15, 0.2) is 5.82 Å². The number of hydrogen-bond acceptors (Lipinski definition) is 11. The third kappa shape index (κ3) is 5.35. The fourth-order valence-corrected chi connectivity index (χ4v) is 10.3. The normalized spacial score (nSPS) is 25.9. The molecule has 3 aromatic carbocycles. The zero-order chi connectivity index (χ0) is 36.8. The number of terminal acetylenes is 1. The molecule has 276 valence electrons. The molecular formula is C40H36F2N6O5S. The molecule has 11 nitrogen and oxygen atoms in total. The minimum Gasteiger partial charge on any atom is -0.475 e. The average Bonchev–Trinajstić information content (AvgIpc) is 3.81. The van der Waals surface area contributed by atoms with E-state index in [-0.39, 0.29) is 70.6 Å². The number of pyridine rings is 1. The van der Waals surface area contributed by atoms with Crippen LogP contribution in [0.3, 0.4) is 0 Å². The fraction of sp³-hybridized carbons (Fsp3) is 0.375. The van der Waals surface area contributed by atoms with Crippen molar-refractivity contribution in [2.75, 3.05) is 37.7 Å². The Bertz CT molecular complexity index is 2500. The molecule has 4 saturated heterocycles. The maximum absolute atomic E-state index is 17.5. The molecule has 5 aromatic rings. The van der Waals surface area contributed by atoms with Crippen LogP contribution < -0.4 is 23.9 Å². The molecule has 0 radical (unpaired) electrons. The van der Waals surface area contributed by atoms with Crippen LogP contribution in [0.15, 0.2) is 65.6 Å². The first kappa shape index (κ1) is 33.5. The molecule has 1 N–H and O–H groups in total. The number of ether oxygens (including phenoxy) is 2. The minimum atomic E-state index is -4.26. The van der Waals surface area contributed by atoms with Crippen molar-refractivity contribution < 1.29 is 30.9 Å². The number of halogens is 2. The van der Waals surface area contributed by atoms with Gasteiger partial charge in [-0.1, -0.05) is 36.3 Å². The minimum absolute atomic E-state index is 0.0187. The quantitative estimate of drug-likeness (QED) is 0.171. The fourth-order valence-electron chi connectivity index (χ4n) is 9.33. The highest BCUT2D eigenvalue weighted by atomic mass is 32.2. The molecule has 5 atom stereocenters. The van der Waals surface area contributed by atoms with Crippen LogP contribution in [-0.2, 0) is 10.1 Å². The molecule has 5 aliphatic heterocycles. The van der Waals surface area contributed by atoms with Gasteiger partial charge in [0, 0.05) is 48.1 Å². The number of fused-ring (bicyclic) bond motifs is 7. The Kier molecular flexibility index (Phi) is 7.73. The van der Waals surface area contributed by atoms with Gasteiger partial charge >= 0.3 is 16.1 Å². The van der Waals surface area contributed by atoms with Crippen molar-refractivity contribution in [1.82, 2.24) is 25.2 Å². The van der Waals surface area contributed by atoms with Crippen molar-refractivity contribution in [1.29, 1.82) is 0 Å². The van der Waals surface area contributed by atoms with Gasteiger partial charge in [0.25, 0.3) is 0 Å². The summed E-state index contributed by atoms with van der Waals surface area (Å²) in [6, 6.07) is 16.2. The van der Waals surface area contributed by atoms with Gasteiger partial charge in [-0.05, 0) is 67.9 Å². The van der Waals surface area contributed by atoms with Crippen LogP contribution in [0.25, 0.3) is 32.9 Å². The molecule has 14 heteroatoms. The zero-order valence-electron chi connectivity index (χ0n) is 29.2. The van der Waals surface area contributed by atoms with Crippen LogP contribution in [0, 0.1) is 18.2 Å². The van der Waals surface area contributed by atoms with Crippen LogP contribution >= 0.6 is 0 Å². The summed E-state index contributed by atoms with van der Waals surface area (Å²) in [5.41, 5.74) is -0.0395. The summed E-state index contributed by atoms with van der Waals surface area (Å²) in [5.74, 6) is 2.45. The van der Waals surface area contributed by atoms with Gasteiger partial charge in [0.2, 0.25) is 5.88 Å². The second-order valence-electron chi connectivity index (χ2n) is 14.9. The summed E-state index contributed by atoms with van der Waals surface area (Å²) >= 11 is 0. The molecule has 5 aliphatic rings. The topological polar surface area (TPSA) is 119 Å². The van der Waals surface area contributed by atoms with Gasteiger partial charge in [-0.15, -0.1) is 6.42 Å². The lowest BCUT2D eigenvalue weighted by Crippen LogP contribution is -2.60. The first-order chi connectivity index (χ1) is 26.2. The standard InChI is InChI=1S/C40H36F2N6O5S/c1-2-23-8-6-9-24-16-27(53-54(49,50)28-10-4-3-5-11-28)17-29(32(23)24)35-34(42)36-33-37(48-20-26-12-13-30(43-26)31(48)21-51-38(33)44-35)46-39(45-36)52-22-40-14-7-15-47(40)19-25(41)18-40/h1,3-6,8-11,16-17,25-26,30-31,43H,7,12-15,18-22H2/t25-,26-,30+,31-,40+/m1/s1. The zero-order valence-corrected chi connectivity index (χ0v) is 30.0. The van der Waals surface area contributed by atoms with Gasteiger partial charge in [-0.3, -0.25) is 4.90 Å². The van der Waals surface area contributed by atoms with Gasteiger partial charge < -0.3 is 23.9 Å². The summed E-state index contributed by atoms with van der Waals surface area (Å²) in [6.45, 7) is 2.22. The number of alkyl halides is 1. The van der Waals surface area contributed by atoms with Crippen molar-refractivity contribution in [3.8, 4) is 41.2 Å². The molecule has 10 rings (SSSR count). The Morgan fingerprint density at radius 1 is 1.06 bits per heavy atom. The maximum Gasteiger partial charge on any atom is 0.339 e. The summed E-state index contributed by atoms with van der Waals surface area (Å²) < 4.78 is 77.4. The Labute approximate surface area is 310 Å². The highest BCUT2D eigenvalue weighted by Gasteiger charge is 2.50. The number of rotatable bonds is 7. The van der Waals surface area contributed by atoms with E-state index in [1.165, 1.54) is 18.2 Å².